The highest BCUT2D eigenvalue weighted by Crippen LogP contribution is 2.22. The van der Waals surface area contributed by atoms with Crippen LogP contribution in [0.15, 0.2) is 27.6 Å². The molecule has 4 N–H and O–H groups in total. The van der Waals surface area contributed by atoms with Crippen LogP contribution in [-0.4, -0.2) is 21.5 Å². The molecule has 0 aliphatic rings. The Labute approximate surface area is 101 Å². The van der Waals surface area contributed by atoms with Crippen molar-refractivity contribution in [3.05, 3.63) is 22.7 Å². The number of sulfonamides is 1. The Morgan fingerprint density at radius 1 is 1.44 bits per heavy atom. The summed E-state index contributed by atoms with van der Waals surface area (Å²) in [5.74, 6) is 0. The summed E-state index contributed by atoms with van der Waals surface area (Å²) in [4.78, 5) is 10.9. The van der Waals surface area contributed by atoms with Crippen molar-refractivity contribution in [1.82, 2.24) is 10.0 Å². The number of benzene rings is 1. The number of halogens is 1. The summed E-state index contributed by atoms with van der Waals surface area (Å²) in [6, 6.07) is 3.27. The Morgan fingerprint density at radius 3 is 2.56 bits per heavy atom. The van der Waals surface area contributed by atoms with Gasteiger partial charge in [0.2, 0.25) is 0 Å². The number of nitrogen functional groups attached to an aromatic ring is 1. The molecule has 0 heterocycles. The van der Waals surface area contributed by atoms with E-state index >= 15 is 0 Å². The topological polar surface area (TPSA) is 101 Å². The van der Waals surface area contributed by atoms with Crippen LogP contribution >= 0.6 is 15.9 Å². The summed E-state index contributed by atoms with van der Waals surface area (Å²) in [6.45, 7) is 0. The number of nitrogens with one attached hydrogen (secondary N) is 2. The number of carbonyl (C=O) groups excluding carboxylic acids is 1. The number of urea groups is 1. The molecule has 1 aromatic rings. The maximum atomic E-state index is 11.6. The molecular formula is C8H10BrN3O3S. The fraction of sp³-hybridized carbons (Fsp3) is 0.125. The third-order valence-corrected chi connectivity index (χ3v) is 3.75. The lowest BCUT2D eigenvalue weighted by Gasteiger charge is -2.07. The zero-order valence-electron chi connectivity index (χ0n) is 8.32. The second-order valence-corrected chi connectivity index (χ2v) is 5.40. The summed E-state index contributed by atoms with van der Waals surface area (Å²) in [7, 11) is -2.54. The molecule has 88 valence electrons. The van der Waals surface area contributed by atoms with Crippen molar-refractivity contribution >= 4 is 37.7 Å². The summed E-state index contributed by atoms with van der Waals surface area (Å²) >= 11 is 3.10. The molecule has 0 aromatic heterocycles. The summed E-state index contributed by atoms with van der Waals surface area (Å²) in [6.07, 6.45) is 0. The first kappa shape index (κ1) is 12.8. The average Bonchev–Trinajstić information content (AvgIpc) is 2.21. The molecule has 1 aromatic carbocycles. The van der Waals surface area contributed by atoms with Crippen LogP contribution < -0.4 is 15.8 Å². The van der Waals surface area contributed by atoms with Crippen molar-refractivity contribution in [2.75, 3.05) is 12.8 Å². The molecular weight excluding hydrogens is 298 g/mol. The van der Waals surface area contributed by atoms with E-state index in [1.54, 1.807) is 0 Å². The first-order valence-corrected chi connectivity index (χ1v) is 6.44. The number of amides is 2. The van der Waals surface area contributed by atoms with E-state index in [0.29, 0.717) is 10.2 Å². The van der Waals surface area contributed by atoms with E-state index < -0.39 is 16.1 Å². The van der Waals surface area contributed by atoms with Gasteiger partial charge in [-0.3, -0.25) is 0 Å². The Balaban J connectivity index is 3.08. The van der Waals surface area contributed by atoms with Crippen molar-refractivity contribution in [1.29, 1.82) is 0 Å². The van der Waals surface area contributed by atoms with Crippen LogP contribution in [0.25, 0.3) is 0 Å². The van der Waals surface area contributed by atoms with Gasteiger partial charge in [0.1, 0.15) is 0 Å². The molecule has 0 aliphatic carbocycles. The maximum absolute atomic E-state index is 11.6. The van der Waals surface area contributed by atoms with Gasteiger partial charge >= 0.3 is 6.03 Å². The quantitative estimate of drug-likeness (QED) is 0.698. The highest BCUT2D eigenvalue weighted by atomic mass is 79.9. The molecule has 0 atom stereocenters. The normalized spacial score (nSPS) is 10.9. The first-order chi connectivity index (χ1) is 7.36. The molecule has 1 rings (SSSR count). The number of anilines is 1. The summed E-state index contributed by atoms with van der Waals surface area (Å²) < 4.78 is 25.5. The summed E-state index contributed by atoms with van der Waals surface area (Å²) in [5, 5.41) is 2.15. The average molecular weight is 308 g/mol. The Kier molecular flexibility index (Phi) is 3.76. The van der Waals surface area contributed by atoms with E-state index in [0.717, 1.165) is 0 Å². The van der Waals surface area contributed by atoms with E-state index in [9.17, 15) is 13.2 Å². The number of hydrogen-bond donors (Lipinski definition) is 3. The van der Waals surface area contributed by atoms with Crippen LogP contribution in [0, 0.1) is 0 Å². The van der Waals surface area contributed by atoms with Gasteiger partial charge in [-0.15, -0.1) is 0 Å². The molecule has 0 spiro atoms. The van der Waals surface area contributed by atoms with Crippen LogP contribution in [0.2, 0.25) is 0 Å². The van der Waals surface area contributed by atoms with E-state index in [2.05, 4.69) is 21.2 Å². The highest BCUT2D eigenvalue weighted by Gasteiger charge is 2.17. The van der Waals surface area contributed by atoms with Gasteiger partial charge in [0, 0.05) is 17.2 Å². The van der Waals surface area contributed by atoms with Gasteiger partial charge in [-0.25, -0.2) is 17.9 Å². The summed E-state index contributed by atoms with van der Waals surface area (Å²) in [5.41, 5.74) is 5.93. The first-order valence-electron chi connectivity index (χ1n) is 4.16. The van der Waals surface area contributed by atoms with Gasteiger partial charge < -0.3 is 11.1 Å². The zero-order valence-corrected chi connectivity index (χ0v) is 10.7. The number of carbonyl (C=O) groups is 1. The minimum atomic E-state index is -3.86. The maximum Gasteiger partial charge on any atom is 0.328 e. The molecule has 0 saturated heterocycles. The zero-order chi connectivity index (χ0) is 12.3. The second-order valence-electron chi connectivity index (χ2n) is 2.87. The van der Waals surface area contributed by atoms with Gasteiger partial charge in [-0.05, 0) is 34.1 Å². The van der Waals surface area contributed by atoms with Gasteiger partial charge in [-0.2, -0.15) is 0 Å². The number of hydrogen-bond acceptors (Lipinski definition) is 4. The molecule has 0 fully saturated rings. The largest absolute Gasteiger partial charge is 0.398 e. The minimum absolute atomic E-state index is 0.0443. The Hall–Kier alpha value is -1.28. The second kappa shape index (κ2) is 4.71. The van der Waals surface area contributed by atoms with Crippen LogP contribution in [0.3, 0.4) is 0 Å². The monoisotopic (exact) mass is 307 g/mol. The SMILES string of the molecule is CNC(=O)NS(=O)(=O)c1ccc(N)c(Br)c1. The van der Waals surface area contributed by atoms with Crippen LogP contribution in [-0.2, 0) is 10.0 Å². The minimum Gasteiger partial charge on any atom is -0.398 e. The Bertz CT molecular complexity index is 515. The highest BCUT2D eigenvalue weighted by molar-refractivity contribution is 9.10. The van der Waals surface area contributed by atoms with Crippen molar-refractivity contribution in [3.8, 4) is 0 Å². The molecule has 6 nitrogen and oxygen atoms in total. The molecule has 0 bridgehead atoms. The molecule has 8 heteroatoms. The van der Waals surface area contributed by atoms with Gasteiger partial charge in [-0.1, -0.05) is 0 Å². The van der Waals surface area contributed by atoms with Gasteiger partial charge in [0.05, 0.1) is 4.90 Å². The molecule has 0 unspecified atom stereocenters. The molecule has 16 heavy (non-hydrogen) atoms. The number of nitrogens with two attached hydrogens (primary N) is 1. The van der Waals surface area contributed by atoms with Crippen molar-refractivity contribution in [3.63, 3.8) is 0 Å². The third kappa shape index (κ3) is 2.86. The fourth-order valence-corrected chi connectivity index (χ4v) is 2.42. The van der Waals surface area contributed by atoms with Gasteiger partial charge in [0.25, 0.3) is 10.0 Å². The standard InChI is InChI=1S/C8H10BrN3O3S/c1-11-8(13)12-16(14,15)5-2-3-7(10)6(9)4-5/h2-4H,10H2,1H3,(H2,11,12,13). The predicted octanol–water partition coefficient (Wildman–Crippen LogP) is 0.649. The lowest BCUT2D eigenvalue weighted by atomic mass is 10.3. The lowest BCUT2D eigenvalue weighted by Crippen LogP contribution is -2.37. The van der Waals surface area contributed by atoms with Crippen molar-refractivity contribution in [2.45, 2.75) is 4.90 Å². The van der Waals surface area contributed by atoms with Gasteiger partial charge in [0.15, 0.2) is 0 Å². The molecule has 2 amide bonds. The predicted molar refractivity (Wildman–Crippen MR) is 63.3 cm³/mol. The van der Waals surface area contributed by atoms with Crippen molar-refractivity contribution < 1.29 is 13.2 Å². The van der Waals surface area contributed by atoms with Crippen molar-refractivity contribution in [2.24, 2.45) is 0 Å². The smallest absolute Gasteiger partial charge is 0.328 e. The van der Waals surface area contributed by atoms with Crippen LogP contribution in [0.5, 0.6) is 0 Å². The molecule has 0 radical (unpaired) electrons. The third-order valence-electron chi connectivity index (χ3n) is 1.74. The van der Waals surface area contributed by atoms with E-state index in [1.807, 2.05) is 4.72 Å². The Morgan fingerprint density at radius 2 is 2.06 bits per heavy atom. The lowest BCUT2D eigenvalue weighted by molar-refractivity contribution is 0.248. The molecule has 0 saturated carbocycles. The molecule has 0 aliphatic heterocycles. The van der Waals surface area contributed by atoms with E-state index in [1.165, 1.54) is 25.2 Å². The van der Waals surface area contributed by atoms with E-state index in [4.69, 9.17) is 5.73 Å². The van der Waals surface area contributed by atoms with Crippen LogP contribution in [0.1, 0.15) is 0 Å². The number of rotatable bonds is 2. The fourth-order valence-electron chi connectivity index (χ4n) is 0.907. The van der Waals surface area contributed by atoms with E-state index in [-0.39, 0.29) is 4.90 Å². The van der Waals surface area contributed by atoms with Crippen LogP contribution in [0.4, 0.5) is 10.5 Å².